The number of nitrogens with one attached hydrogen (secondary N) is 1. The van der Waals surface area contributed by atoms with Crippen LogP contribution in [0.3, 0.4) is 0 Å². The summed E-state index contributed by atoms with van der Waals surface area (Å²) in [5, 5.41) is 14.4. The number of hydrogen-bond acceptors (Lipinski definition) is 11. The Kier molecular flexibility index (Phi) is 10.1. The number of rotatable bonds is 6. The van der Waals surface area contributed by atoms with Crippen LogP contribution in [0.1, 0.15) is 98.8 Å². The maximum Gasteiger partial charge on any atom is 0.414 e. The fourth-order valence-corrected chi connectivity index (χ4v) is 11.0. The maximum absolute atomic E-state index is 13.7. The Balaban J connectivity index is 0.981. The smallest absolute Gasteiger partial charge is 0.414 e. The molecule has 6 unspecified atom stereocenters. The number of alkyl carbamates (subject to hydrolysis) is 1. The summed E-state index contributed by atoms with van der Waals surface area (Å²) < 4.78 is 8.00. The topological polar surface area (TPSA) is 186 Å². The van der Waals surface area contributed by atoms with Gasteiger partial charge in [-0.15, -0.1) is 0 Å². The third-order valence-electron chi connectivity index (χ3n) is 14.9. The highest BCUT2D eigenvalue weighted by Gasteiger charge is 2.68. The molecule has 3 aliphatic carbocycles. The van der Waals surface area contributed by atoms with Gasteiger partial charge in [0, 0.05) is 55.9 Å². The van der Waals surface area contributed by atoms with Gasteiger partial charge >= 0.3 is 6.09 Å². The number of ether oxygens (including phenoxy) is 1. The zero-order valence-electron chi connectivity index (χ0n) is 32.1. The lowest BCUT2D eigenvalue weighted by Crippen LogP contribution is -2.63. The molecule has 0 aromatic carbocycles. The van der Waals surface area contributed by atoms with E-state index in [2.05, 4.69) is 59.8 Å². The van der Waals surface area contributed by atoms with Crippen molar-refractivity contribution in [2.24, 2.45) is 45.7 Å². The summed E-state index contributed by atoms with van der Waals surface area (Å²) >= 11 is 0. The summed E-state index contributed by atoms with van der Waals surface area (Å²) in [6.07, 6.45) is 7.69. The van der Waals surface area contributed by atoms with Crippen LogP contribution in [0.25, 0.3) is 11.2 Å². The summed E-state index contributed by atoms with van der Waals surface area (Å²) in [4.78, 5) is 71.5. The fourth-order valence-electron chi connectivity index (χ4n) is 11.0. The summed E-state index contributed by atoms with van der Waals surface area (Å²) in [5.74, 6) is -0.280. The first-order valence-corrected chi connectivity index (χ1v) is 19.9. The summed E-state index contributed by atoms with van der Waals surface area (Å²) in [5.41, 5.74) is 5.85. The predicted molar refractivity (Wildman–Crippen MR) is 197 cm³/mol. The Morgan fingerprint density at radius 2 is 1.74 bits per heavy atom. The van der Waals surface area contributed by atoms with Crippen LogP contribution >= 0.6 is 0 Å². The van der Waals surface area contributed by atoms with Crippen molar-refractivity contribution in [1.82, 2.24) is 29.7 Å². The Hall–Kier alpha value is -3.65. The van der Waals surface area contributed by atoms with Crippen LogP contribution in [0.2, 0.25) is 0 Å². The normalized spacial score (nSPS) is 35.5. The summed E-state index contributed by atoms with van der Waals surface area (Å²) in [7, 11) is 0. The van der Waals surface area contributed by atoms with Crippen molar-refractivity contribution in [2.75, 3.05) is 31.1 Å². The molecule has 5 aliphatic rings. The molecule has 14 heteroatoms. The van der Waals surface area contributed by atoms with Crippen LogP contribution in [0.15, 0.2) is 12.7 Å². The molecule has 14 nitrogen and oxygen atoms in total. The molecule has 2 bridgehead atoms. The molecule has 2 aliphatic heterocycles. The first-order valence-electron chi connectivity index (χ1n) is 19.9. The number of hydrogen-bond donors (Lipinski definition) is 3. The minimum absolute atomic E-state index is 0.0595. The van der Waals surface area contributed by atoms with Crippen molar-refractivity contribution in [3.05, 3.63) is 12.7 Å². The van der Waals surface area contributed by atoms with Crippen molar-refractivity contribution in [3.8, 4) is 0 Å². The molecule has 8 atom stereocenters. The van der Waals surface area contributed by atoms with Crippen LogP contribution in [-0.4, -0.2) is 97.6 Å². The molecule has 3 saturated carbocycles. The van der Waals surface area contributed by atoms with Gasteiger partial charge in [-0.3, -0.25) is 19.7 Å². The number of anilines is 1. The van der Waals surface area contributed by atoms with Gasteiger partial charge in [0.2, 0.25) is 11.8 Å². The van der Waals surface area contributed by atoms with Crippen molar-refractivity contribution < 1.29 is 29.0 Å². The second-order valence-electron chi connectivity index (χ2n) is 17.5. The Morgan fingerprint density at radius 1 is 1.02 bits per heavy atom. The maximum atomic E-state index is 13.7. The van der Waals surface area contributed by atoms with E-state index in [1.807, 2.05) is 0 Å². The first kappa shape index (κ1) is 37.7. The van der Waals surface area contributed by atoms with E-state index in [1.165, 1.54) is 6.33 Å². The van der Waals surface area contributed by atoms with Crippen molar-refractivity contribution in [3.63, 3.8) is 0 Å². The number of aliphatic hydroxyl groups excluding tert-OH is 1. The Morgan fingerprint density at radius 3 is 2.43 bits per heavy atom. The second-order valence-corrected chi connectivity index (χ2v) is 17.5. The highest BCUT2D eigenvalue weighted by atomic mass is 16.6. The highest BCUT2D eigenvalue weighted by Crippen LogP contribution is 2.68. The molecule has 0 radical (unpaired) electrons. The van der Waals surface area contributed by atoms with E-state index in [9.17, 15) is 24.3 Å². The molecule has 4 N–H and O–H groups in total. The summed E-state index contributed by atoms with van der Waals surface area (Å²) in [6.45, 7) is 12.9. The standard InChI is InChI=1S/C39H58N8O6/c1-6-37(4)19-28(38(5)23(2)7-13-39(24(3)32(37)50)14-8-27(48)31(38)39)53-36(52)44-35(51)25-9-15-45(16-10-25)29(49)20-47-22-43-30-33(41-21-42-34(30)47)46-17-11-26(40)12-18-46/h21-26,28,31-32,50H,6-20,40H2,1-5H3,(H,44,51,52)/t23?,24?,28?,31?,32-,37+,38?,39?/m0/s1. The zero-order chi connectivity index (χ0) is 37.9. The van der Waals surface area contributed by atoms with E-state index >= 15 is 0 Å². The number of carbonyl (C=O) groups is 4. The minimum Gasteiger partial charge on any atom is -0.445 e. The molecule has 3 amide bonds. The summed E-state index contributed by atoms with van der Waals surface area (Å²) in [6, 6.07) is 0.191. The molecule has 53 heavy (non-hydrogen) atoms. The first-order chi connectivity index (χ1) is 25.2. The number of nitrogens with two attached hydrogens (primary N) is 1. The number of amides is 3. The number of ketones is 1. The number of Topliss-reactive ketones (excluding diaryl/α,β-unsaturated/α-hetero) is 1. The average Bonchev–Trinajstić information content (AvgIpc) is 3.73. The monoisotopic (exact) mass is 734 g/mol. The van der Waals surface area contributed by atoms with Gasteiger partial charge in [0.25, 0.3) is 0 Å². The van der Waals surface area contributed by atoms with Crippen molar-refractivity contribution >= 4 is 40.7 Å². The van der Waals surface area contributed by atoms with E-state index in [-0.39, 0.29) is 47.4 Å². The quantitative estimate of drug-likeness (QED) is 0.392. The van der Waals surface area contributed by atoms with E-state index in [1.54, 1.807) is 15.8 Å². The van der Waals surface area contributed by atoms with Crippen molar-refractivity contribution in [2.45, 2.75) is 124 Å². The number of aromatic nitrogens is 4. The van der Waals surface area contributed by atoms with Crippen LogP contribution in [0.5, 0.6) is 0 Å². The van der Waals surface area contributed by atoms with E-state index in [4.69, 9.17) is 10.5 Å². The highest BCUT2D eigenvalue weighted by molar-refractivity contribution is 5.93. The molecule has 7 rings (SSSR count). The number of imidazole rings is 1. The van der Waals surface area contributed by atoms with Gasteiger partial charge in [-0.1, -0.05) is 34.6 Å². The lowest BCUT2D eigenvalue weighted by molar-refractivity contribution is -0.198. The van der Waals surface area contributed by atoms with Crippen LogP contribution in [0.4, 0.5) is 10.6 Å². The predicted octanol–water partition coefficient (Wildman–Crippen LogP) is 3.83. The van der Waals surface area contributed by atoms with Gasteiger partial charge in [-0.25, -0.2) is 19.7 Å². The van der Waals surface area contributed by atoms with Crippen molar-refractivity contribution in [1.29, 1.82) is 0 Å². The fraction of sp³-hybridized carbons (Fsp3) is 0.769. The number of piperidine rings is 2. The third kappa shape index (κ3) is 6.40. The molecule has 5 fully saturated rings. The van der Waals surface area contributed by atoms with Gasteiger partial charge in [-0.05, 0) is 80.5 Å². The van der Waals surface area contributed by atoms with E-state index in [0.717, 1.165) is 51.0 Å². The van der Waals surface area contributed by atoms with Gasteiger partial charge in [-0.2, -0.15) is 0 Å². The number of nitrogens with zero attached hydrogens (tertiary/aromatic N) is 6. The Labute approximate surface area is 312 Å². The molecule has 2 aromatic rings. The molecular weight excluding hydrogens is 676 g/mol. The van der Waals surface area contributed by atoms with Gasteiger partial charge in [0.1, 0.15) is 24.8 Å². The molecular formula is C39H58N8O6. The Bertz CT molecular complexity index is 1730. The molecule has 2 aromatic heterocycles. The molecule has 290 valence electrons. The average molecular weight is 735 g/mol. The number of likely N-dealkylation sites (tertiary alicyclic amines) is 1. The lowest BCUT2D eigenvalue weighted by Gasteiger charge is -2.62. The van der Waals surface area contributed by atoms with E-state index < -0.39 is 41.0 Å². The van der Waals surface area contributed by atoms with Crippen LogP contribution < -0.4 is 16.0 Å². The number of aliphatic hydroxyl groups is 1. The number of fused-ring (bicyclic) bond motifs is 1. The SMILES string of the molecule is CC[C@]1(C)CC(OC(=O)NC(=O)C2CCN(C(=O)Cn3cnc4c(N5CCC(N)CC5)ncnc43)CC2)C2(C)C(C)CCC3(CCC(=O)C32)C(C)[C@@H]1O. The van der Waals surface area contributed by atoms with Gasteiger partial charge in [0.15, 0.2) is 17.0 Å². The number of imide groups is 1. The molecule has 2 saturated heterocycles. The largest absolute Gasteiger partial charge is 0.445 e. The van der Waals surface area contributed by atoms with E-state index in [0.29, 0.717) is 56.4 Å². The third-order valence-corrected chi connectivity index (χ3v) is 14.9. The minimum atomic E-state index is -0.809. The van der Waals surface area contributed by atoms with Crippen LogP contribution in [-0.2, 0) is 25.7 Å². The zero-order valence-corrected chi connectivity index (χ0v) is 32.1. The van der Waals surface area contributed by atoms with Crippen LogP contribution in [0, 0.1) is 39.9 Å². The second kappa shape index (κ2) is 14.2. The number of carbonyl (C=O) groups excluding carboxylic acids is 4. The van der Waals surface area contributed by atoms with Gasteiger partial charge < -0.3 is 29.9 Å². The molecule has 4 heterocycles. The molecule has 0 spiro atoms. The van der Waals surface area contributed by atoms with Gasteiger partial charge in [0.05, 0.1) is 12.4 Å². The lowest BCUT2D eigenvalue weighted by atomic mass is 9.43.